The number of hydrogen-bond acceptors (Lipinski definition) is 4. The third-order valence-electron chi connectivity index (χ3n) is 11.1. The van der Waals surface area contributed by atoms with Gasteiger partial charge in [-0.15, -0.1) is 0 Å². The summed E-state index contributed by atoms with van der Waals surface area (Å²) in [7, 11) is 0. The zero-order chi connectivity index (χ0) is 45.6. The van der Waals surface area contributed by atoms with E-state index in [1.807, 2.05) is 13.8 Å². The molecule has 0 heterocycles. The average Bonchev–Trinajstić information content (AvgIpc) is 3.21. The van der Waals surface area contributed by atoms with Crippen molar-refractivity contribution in [3.8, 4) is 16.9 Å². The Balaban J connectivity index is 2.45. The van der Waals surface area contributed by atoms with Crippen molar-refractivity contribution in [3.63, 3.8) is 0 Å². The first kappa shape index (κ1) is 54.6. The van der Waals surface area contributed by atoms with Crippen LogP contribution in [0.4, 0.5) is 43.9 Å². The van der Waals surface area contributed by atoms with Crippen LogP contribution in [0.5, 0.6) is 5.75 Å². The summed E-state index contributed by atoms with van der Waals surface area (Å²) in [6.45, 7) is 6.42. The summed E-state index contributed by atoms with van der Waals surface area (Å²) < 4.78 is 173. The van der Waals surface area contributed by atoms with Crippen LogP contribution in [0, 0.1) is 0 Å². The third kappa shape index (κ3) is 18.2. The van der Waals surface area contributed by atoms with Crippen LogP contribution < -0.4 is 4.74 Å². The molecule has 2 rings (SSSR count). The molecule has 0 aliphatic rings. The second-order valence-corrected chi connectivity index (χ2v) is 16.2. The maximum atomic E-state index is 16.8. The number of halogens is 10. The van der Waals surface area contributed by atoms with E-state index in [9.17, 15) is 26.3 Å². The average molecular weight is 889 g/mol. The zero-order valence-corrected chi connectivity index (χ0v) is 36.9. The summed E-state index contributed by atoms with van der Waals surface area (Å²) in [4.78, 5) is 0. The maximum absolute atomic E-state index is 16.8. The normalized spacial score (nSPS) is 17.0. The highest BCUT2D eigenvalue weighted by Crippen LogP contribution is 2.47. The highest BCUT2D eigenvalue weighted by Gasteiger charge is 2.68. The molecule has 0 aromatic heterocycles. The van der Waals surface area contributed by atoms with Gasteiger partial charge in [0.25, 0.3) is 0 Å². The molecule has 5 unspecified atom stereocenters. The molecule has 352 valence electrons. The Labute approximate surface area is 357 Å². The van der Waals surface area contributed by atoms with E-state index in [-0.39, 0.29) is 18.4 Å². The molecule has 0 amide bonds. The Morgan fingerprint density at radius 1 is 0.475 bits per heavy atom. The summed E-state index contributed by atoms with van der Waals surface area (Å²) >= 11 is 0. The topological polar surface area (TPSA) is 36.9 Å². The van der Waals surface area contributed by atoms with Crippen LogP contribution in [0.25, 0.3) is 11.1 Å². The molecule has 2 aromatic rings. The van der Waals surface area contributed by atoms with Gasteiger partial charge in [0.2, 0.25) is 11.7 Å². The molecule has 14 heteroatoms. The molecule has 2 aromatic carbocycles. The molecule has 0 saturated heterocycles. The van der Waals surface area contributed by atoms with Crippen molar-refractivity contribution >= 4 is 0 Å². The Hall–Kier alpha value is -2.58. The molecule has 61 heavy (non-hydrogen) atoms. The van der Waals surface area contributed by atoms with Gasteiger partial charge in [-0.3, -0.25) is 9.47 Å². The van der Waals surface area contributed by atoms with Crippen molar-refractivity contribution in [2.45, 2.75) is 211 Å². The minimum atomic E-state index is -6.09. The van der Waals surface area contributed by atoms with Crippen molar-refractivity contribution in [1.82, 2.24) is 0 Å². The molecule has 0 N–H and O–H groups in total. The van der Waals surface area contributed by atoms with Gasteiger partial charge in [-0.1, -0.05) is 154 Å². The molecular formula is C47H70F10O4. The van der Waals surface area contributed by atoms with E-state index in [1.165, 1.54) is 37.1 Å². The first-order valence-electron chi connectivity index (χ1n) is 22.5. The van der Waals surface area contributed by atoms with E-state index in [0.717, 1.165) is 65.2 Å². The van der Waals surface area contributed by atoms with Gasteiger partial charge in [0.15, 0.2) is 0 Å². The van der Waals surface area contributed by atoms with E-state index < -0.39 is 80.6 Å². The van der Waals surface area contributed by atoms with Crippen LogP contribution >= 0.6 is 0 Å². The fourth-order valence-corrected chi connectivity index (χ4v) is 6.98. The van der Waals surface area contributed by atoms with Crippen LogP contribution in [0.3, 0.4) is 0 Å². The standard InChI is InChI=1S/C47H70F10O4/c1-6-11-14-17-20-23-34-58-40-30-28-39(29-31-40)38-26-24-37(25-27-38)35-41(45(51,47(55,56)57)61-43(49,10-5)33-22-19-16-13-8-3)59-36-44(50,46(52,53)54)60-42(48,9-4)32-21-18-15-12-7-2/h24-31,41H,6-23,32-36H2,1-5H3. The molecule has 0 aliphatic carbocycles. The number of alkyl halides is 10. The van der Waals surface area contributed by atoms with Gasteiger partial charge < -0.3 is 9.47 Å². The molecule has 4 nitrogen and oxygen atoms in total. The van der Waals surface area contributed by atoms with Crippen LogP contribution in [0.1, 0.15) is 169 Å². The SMILES string of the molecule is CCCCCCCCOc1ccc(-c2ccc(CC(OCC(F)(OC(F)(CC)CCCCCCC)C(F)(F)F)C(F)(OC(F)(CC)CCCCCCC)C(F)(F)F)cc2)cc1. The second-order valence-electron chi connectivity index (χ2n) is 16.2. The van der Waals surface area contributed by atoms with Crippen LogP contribution in [0.15, 0.2) is 48.5 Å². The van der Waals surface area contributed by atoms with Crippen molar-refractivity contribution in [1.29, 1.82) is 0 Å². The molecule has 0 aliphatic heterocycles. The summed E-state index contributed by atoms with van der Waals surface area (Å²) in [6, 6.07) is 12.6. The molecular weight excluding hydrogens is 818 g/mol. The predicted octanol–water partition coefficient (Wildman–Crippen LogP) is 16.4. The highest BCUT2D eigenvalue weighted by atomic mass is 19.4. The zero-order valence-electron chi connectivity index (χ0n) is 36.9. The quantitative estimate of drug-likeness (QED) is 0.0529. The van der Waals surface area contributed by atoms with Gasteiger partial charge in [-0.05, 0) is 48.1 Å². The predicted molar refractivity (Wildman–Crippen MR) is 221 cm³/mol. The van der Waals surface area contributed by atoms with Crippen molar-refractivity contribution in [2.24, 2.45) is 0 Å². The molecule has 0 fully saturated rings. The van der Waals surface area contributed by atoms with Crippen LogP contribution in [-0.2, 0) is 20.6 Å². The van der Waals surface area contributed by atoms with Gasteiger partial charge in [-0.25, -0.2) is 8.78 Å². The van der Waals surface area contributed by atoms with E-state index in [2.05, 4.69) is 16.4 Å². The lowest BCUT2D eigenvalue weighted by Crippen LogP contribution is -2.60. The van der Waals surface area contributed by atoms with Crippen LogP contribution in [-0.4, -0.2) is 55.1 Å². The Bertz CT molecular complexity index is 1460. The molecule has 0 radical (unpaired) electrons. The number of unbranched alkanes of at least 4 members (excludes halogenated alkanes) is 13. The van der Waals surface area contributed by atoms with E-state index in [0.29, 0.717) is 49.2 Å². The highest BCUT2D eigenvalue weighted by molar-refractivity contribution is 5.64. The van der Waals surface area contributed by atoms with Crippen molar-refractivity contribution in [3.05, 3.63) is 54.1 Å². The molecule has 0 saturated carbocycles. The lowest BCUT2D eigenvalue weighted by atomic mass is 9.97. The lowest BCUT2D eigenvalue weighted by molar-refractivity contribution is -0.428. The first-order chi connectivity index (χ1) is 28.7. The van der Waals surface area contributed by atoms with E-state index in [1.54, 1.807) is 24.3 Å². The maximum Gasteiger partial charge on any atom is 0.451 e. The Morgan fingerprint density at radius 2 is 0.902 bits per heavy atom. The van der Waals surface area contributed by atoms with Crippen molar-refractivity contribution in [2.75, 3.05) is 13.2 Å². The minimum Gasteiger partial charge on any atom is -0.494 e. The fourth-order valence-electron chi connectivity index (χ4n) is 6.98. The first-order valence-corrected chi connectivity index (χ1v) is 22.5. The van der Waals surface area contributed by atoms with Crippen LogP contribution in [0.2, 0.25) is 0 Å². The van der Waals surface area contributed by atoms with Gasteiger partial charge >= 0.3 is 24.1 Å². The van der Waals surface area contributed by atoms with Crippen molar-refractivity contribution < 1.29 is 62.9 Å². The Kier molecular flexibility index (Phi) is 23.5. The number of ether oxygens (including phenoxy) is 4. The number of benzene rings is 2. The number of hydrogen-bond donors (Lipinski definition) is 0. The summed E-state index contributed by atoms with van der Waals surface area (Å²) in [5, 5.41) is 0. The van der Waals surface area contributed by atoms with Gasteiger partial charge in [0.1, 0.15) is 18.5 Å². The van der Waals surface area contributed by atoms with E-state index in [4.69, 9.17) is 9.47 Å². The minimum absolute atomic E-state index is 0.0288. The summed E-state index contributed by atoms with van der Waals surface area (Å²) in [6.07, 6.45) is -7.10. The summed E-state index contributed by atoms with van der Waals surface area (Å²) in [5.74, 6) is -15.9. The second kappa shape index (κ2) is 26.3. The lowest BCUT2D eigenvalue weighted by Gasteiger charge is -2.41. The largest absolute Gasteiger partial charge is 0.494 e. The molecule has 0 spiro atoms. The fraction of sp³-hybridized carbons (Fsp3) is 0.745. The molecule has 0 bridgehead atoms. The van der Waals surface area contributed by atoms with E-state index >= 15 is 17.6 Å². The Morgan fingerprint density at radius 3 is 1.34 bits per heavy atom. The summed E-state index contributed by atoms with van der Waals surface area (Å²) in [5.41, 5.74) is 1.19. The van der Waals surface area contributed by atoms with Gasteiger partial charge in [-0.2, -0.15) is 35.1 Å². The monoisotopic (exact) mass is 889 g/mol. The molecule has 5 atom stereocenters. The van der Waals surface area contributed by atoms with Gasteiger partial charge in [0.05, 0.1) is 6.61 Å². The third-order valence-corrected chi connectivity index (χ3v) is 11.1. The smallest absolute Gasteiger partial charge is 0.451 e. The number of rotatable bonds is 33. The van der Waals surface area contributed by atoms with Gasteiger partial charge in [0, 0.05) is 32.1 Å².